The molecule has 0 heterocycles. The van der Waals surface area contributed by atoms with E-state index in [1.54, 1.807) is 30.3 Å². The lowest BCUT2D eigenvalue weighted by atomic mass is 10.1. The highest BCUT2D eigenvalue weighted by molar-refractivity contribution is 6.31. The molecular weight excluding hydrogens is 372 g/mol. The molecule has 0 N–H and O–H groups in total. The Labute approximate surface area is 162 Å². The van der Waals surface area contributed by atoms with Crippen molar-refractivity contribution in [1.82, 2.24) is 0 Å². The molecule has 0 unspecified atom stereocenters. The fraction of sp³-hybridized carbons (Fsp3) is 0.300. The van der Waals surface area contributed by atoms with E-state index >= 15 is 0 Å². The van der Waals surface area contributed by atoms with Crippen molar-refractivity contribution in [3.05, 3.63) is 52.5 Å². The first-order valence-electron chi connectivity index (χ1n) is 8.21. The number of ether oxygens (including phenoxy) is 4. The summed E-state index contributed by atoms with van der Waals surface area (Å²) in [5.41, 5.74) is 1.22. The van der Waals surface area contributed by atoms with E-state index in [9.17, 15) is 9.59 Å². The maximum Gasteiger partial charge on any atom is 0.306 e. The van der Waals surface area contributed by atoms with Crippen LogP contribution < -0.4 is 14.2 Å². The van der Waals surface area contributed by atoms with Crippen molar-refractivity contribution in [1.29, 1.82) is 0 Å². The molecule has 7 heteroatoms. The molecule has 0 aliphatic heterocycles. The number of methoxy groups -OCH3 is 3. The van der Waals surface area contributed by atoms with E-state index < -0.39 is 5.97 Å². The zero-order chi connectivity index (χ0) is 19.8. The van der Waals surface area contributed by atoms with Crippen molar-refractivity contribution >= 4 is 23.4 Å². The van der Waals surface area contributed by atoms with Gasteiger partial charge in [-0.25, -0.2) is 0 Å². The van der Waals surface area contributed by atoms with E-state index in [-0.39, 0.29) is 18.8 Å². The van der Waals surface area contributed by atoms with Crippen molar-refractivity contribution in [3.8, 4) is 17.2 Å². The molecule has 2 aromatic rings. The second-order valence-electron chi connectivity index (χ2n) is 5.63. The summed E-state index contributed by atoms with van der Waals surface area (Å²) in [4.78, 5) is 24.0. The quantitative estimate of drug-likeness (QED) is 0.478. The lowest BCUT2D eigenvalue weighted by Gasteiger charge is -2.14. The second kappa shape index (κ2) is 9.83. The number of esters is 1. The molecule has 0 atom stereocenters. The Morgan fingerprint density at radius 1 is 0.963 bits per heavy atom. The minimum Gasteiger partial charge on any atom is -0.493 e. The van der Waals surface area contributed by atoms with Crippen molar-refractivity contribution in [2.75, 3.05) is 27.9 Å². The molecule has 0 saturated carbocycles. The molecule has 0 fully saturated rings. The number of carbonyl (C=O) groups is 2. The minimum atomic E-state index is -0.473. The van der Waals surface area contributed by atoms with Crippen molar-refractivity contribution in [3.63, 3.8) is 0 Å². The van der Waals surface area contributed by atoms with Crippen LogP contribution in [0.2, 0.25) is 5.02 Å². The van der Waals surface area contributed by atoms with Crippen LogP contribution >= 0.6 is 11.6 Å². The van der Waals surface area contributed by atoms with Crippen LogP contribution in [0.25, 0.3) is 0 Å². The number of hydrogen-bond acceptors (Lipinski definition) is 6. The fourth-order valence-corrected chi connectivity index (χ4v) is 2.68. The van der Waals surface area contributed by atoms with Gasteiger partial charge in [0, 0.05) is 17.0 Å². The Bertz CT molecular complexity index is 793. The lowest BCUT2D eigenvalue weighted by molar-refractivity contribution is -0.142. The molecule has 0 bridgehead atoms. The Hall–Kier alpha value is -2.73. The van der Waals surface area contributed by atoms with Gasteiger partial charge in [0.1, 0.15) is 0 Å². The number of ketones is 1. The maximum absolute atomic E-state index is 12.0. The van der Waals surface area contributed by atoms with Crippen LogP contribution in [-0.4, -0.2) is 39.7 Å². The number of rotatable bonds is 9. The SMILES string of the molecule is COc1cc(CCC(=O)OCC(=O)c2cccc(Cl)c2)cc(OC)c1OC. The molecule has 0 amide bonds. The normalized spacial score (nSPS) is 10.2. The van der Waals surface area contributed by atoms with Gasteiger partial charge >= 0.3 is 5.97 Å². The average molecular weight is 393 g/mol. The van der Waals surface area contributed by atoms with E-state index in [2.05, 4.69) is 0 Å². The van der Waals surface area contributed by atoms with Crippen LogP contribution in [0.3, 0.4) is 0 Å². The van der Waals surface area contributed by atoms with E-state index in [1.165, 1.54) is 27.4 Å². The molecule has 0 aliphatic rings. The highest BCUT2D eigenvalue weighted by atomic mass is 35.5. The molecule has 2 rings (SSSR count). The summed E-state index contributed by atoms with van der Waals surface area (Å²) in [6, 6.07) is 10.0. The monoisotopic (exact) mass is 392 g/mol. The highest BCUT2D eigenvalue weighted by Crippen LogP contribution is 2.38. The van der Waals surface area contributed by atoms with Crippen LogP contribution in [0.4, 0.5) is 0 Å². The minimum absolute atomic E-state index is 0.113. The number of Topliss-reactive ketones (excluding diaryl/α,β-unsaturated/α-hetero) is 1. The van der Waals surface area contributed by atoms with Crippen LogP contribution in [0.1, 0.15) is 22.3 Å². The van der Waals surface area contributed by atoms with Gasteiger partial charge in [-0.3, -0.25) is 9.59 Å². The predicted molar refractivity (Wildman–Crippen MR) is 101 cm³/mol. The average Bonchev–Trinajstić information content (AvgIpc) is 2.69. The van der Waals surface area contributed by atoms with Crippen molar-refractivity contribution < 1.29 is 28.5 Å². The maximum atomic E-state index is 12.0. The number of aryl methyl sites for hydroxylation is 1. The summed E-state index contributed by atoms with van der Waals surface area (Å²) in [6.45, 7) is -0.325. The Kier molecular flexibility index (Phi) is 7.49. The van der Waals surface area contributed by atoms with Crippen molar-refractivity contribution in [2.45, 2.75) is 12.8 Å². The summed E-state index contributed by atoms with van der Waals surface area (Å²) in [5.74, 6) is 0.726. The van der Waals surface area contributed by atoms with Gasteiger partial charge in [0.15, 0.2) is 23.9 Å². The zero-order valence-electron chi connectivity index (χ0n) is 15.4. The van der Waals surface area contributed by atoms with Gasteiger partial charge in [0.05, 0.1) is 21.3 Å². The standard InChI is InChI=1S/C20H21ClO6/c1-24-17-9-13(10-18(25-2)20(17)26-3)7-8-19(23)27-12-16(22)14-5-4-6-15(21)11-14/h4-6,9-11H,7-8,12H2,1-3H3. The number of carbonyl (C=O) groups excluding carboxylic acids is 2. The number of benzene rings is 2. The van der Waals surface area contributed by atoms with Gasteiger partial charge in [-0.15, -0.1) is 0 Å². The van der Waals surface area contributed by atoms with Gasteiger partial charge in [-0.2, -0.15) is 0 Å². The molecule has 0 spiro atoms. The van der Waals surface area contributed by atoms with Crippen molar-refractivity contribution in [2.24, 2.45) is 0 Å². The first-order chi connectivity index (χ1) is 13.0. The topological polar surface area (TPSA) is 71.1 Å². The molecule has 0 aromatic heterocycles. The van der Waals surface area contributed by atoms with Gasteiger partial charge < -0.3 is 18.9 Å². The fourth-order valence-electron chi connectivity index (χ4n) is 2.49. The summed E-state index contributed by atoms with van der Waals surface area (Å²) in [6.07, 6.45) is 0.516. The van der Waals surface area contributed by atoms with Gasteiger partial charge in [0.25, 0.3) is 0 Å². The van der Waals surface area contributed by atoms with E-state index in [0.717, 1.165) is 5.56 Å². The third-order valence-electron chi connectivity index (χ3n) is 3.85. The van der Waals surface area contributed by atoms with Gasteiger partial charge in [-0.1, -0.05) is 23.7 Å². The van der Waals surface area contributed by atoms with E-state index in [4.69, 9.17) is 30.5 Å². The van der Waals surface area contributed by atoms with E-state index in [0.29, 0.717) is 34.3 Å². The third-order valence-corrected chi connectivity index (χ3v) is 4.09. The molecule has 2 aromatic carbocycles. The Morgan fingerprint density at radius 2 is 1.63 bits per heavy atom. The second-order valence-corrected chi connectivity index (χ2v) is 6.06. The third kappa shape index (κ3) is 5.62. The highest BCUT2D eigenvalue weighted by Gasteiger charge is 2.15. The van der Waals surface area contributed by atoms with Gasteiger partial charge in [-0.05, 0) is 36.2 Å². The summed E-state index contributed by atoms with van der Waals surface area (Å²) in [5, 5.41) is 0.453. The van der Waals surface area contributed by atoms with Crippen LogP contribution in [0.15, 0.2) is 36.4 Å². The molecule has 6 nitrogen and oxygen atoms in total. The summed E-state index contributed by atoms with van der Waals surface area (Å²) >= 11 is 5.85. The zero-order valence-corrected chi connectivity index (χ0v) is 16.2. The van der Waals surface area contributed by atoms with Crippen LogP contribution in [0.5, 0.6) is 17.2 Å². The first kappa shape index (κ1) is 20.6. The smallest absolute Gasteiger partial charge is 0.306 e. The first-order valence-corrected chi connectivity index (χ1v) is 8.59. The Morgan fingerprint density at radius 3 is 2.19 bits per heavy atom. The predicted octanol–water partition coefficient (Wildman–Crippen LogP) is 3.72. The largest absolute Gasteiger partial charge is 0.493 e. The van der Waals surface area contributed by atoms with Crippen LogP contribution in [0, 0.1) is 0 Å². The lowest BCUT2D eigenvalue weighted by Crippen LogP contribution is -2.14. The van der Waals surface area contributed by atoms with Gasteiger partial charge in [0.2, 0.25) is 5.75 Å². The molecule has 144 valence electrons. The summed E-state index contributed by atoms with van der Waals surface area (Å²) < 4.78 is 20.9. The molecule has 0 saturated heterocycles. The molecular formula is C20H21ClO6. The van der Waals surface area contributed by atoms with E-state index in [1.807, 2.05) is 0 Å². The number of hydrogen-bond donors (Lipinski definition) is 0. The van der Waals surface area contributed by atoms with Crippen LogP contribution in [-0.2, 0) is 16.0 Å². The summed E-state index contributed by atoms with van der Waals surface area (Å²) in [7, 11) is 4.57. The molecule has 0 aliphatic carbocycles. The molecule has 0 radical (unpaired) electrons. The Balaban J connectivity index is 1.92. The number of halogens is 1. The molecule has 27 heavy (non-hydrogen) atoms.